The first-order valence-corrected chi connectivity index (χ1v) is 7.63. The number of amides is 2. The van der Waals surface area contributed by atoms with Crippen molar-refractivity contribution in [2.45, 2.75) is 19.0 Å². The molecule has 0 unspecified atom stereocenters. The van der Waals surface area contributed by atoms with Crippen LogP contribution in [0.1, 0.15) is 12.7 Å². The van der Waals surface area contributed by atoms with Gasteiger partial charge < -0.3 is 10.6 Å². The van der Waals surface area contributed by atoms with Crippen LogP contribution in [-0.2, 0) is 9.59 Å². The molecule has 8 heteroatoms. The maximum absolute atomic E-state index is 11.4. The molecule has 1 heterocycles. The summed E-state index contributed by atoms with van der Waals surface area (Å²) < 4.78 is 1.85. The van der Waals surface area contributed by atoms with Crippen LogP contribution in [0.4, 0.5) is 5.69 Å². The van der Waals surface area contributed by atoms with Crippen LogP contribution in [0.15, 0.2) is 29.4 Å². The normalized spacial score (nSPS) is 10.3. The van der Waals surface area contributed by atoms with Crippen molar-refractivity contribution in [3.8, 4) is 5.69 Å². The van der Waals surface area contributed by atoms with Gasteiger partial charge in [-0.1, -0.05) is 17.8 Å². The van der Waals surface area contributed by atoms with Crippen LogP contribution in [0, 0.1) is 6.92 Å². The molecule has 2 aromatic rings. The Morgan fingerprint density at radius 1 is 1.32 bits per heavy atom. The summed E-state index contributed by atoms with van der Waals surface area (Å²) in [5.41, 5.74) is 1.52. The van der Waals surface area contributed by atoms with Gasteiger partial charge in [0.25, 0.3) is 0 Å². The largest absolute Gasteiger partial charge is 0.358 e. The van der Waals surface area contributed by atoms with Crippen molar-refractivity contribution in [2.75, 3.05) is 18.1 Å². The van der Waals surface area contributed by atoms with Crippen molar-refractivity contribution in [1.29, 1.82) is 0 Å². The summed E-state index contributed by atoms with van der Waals surface area (Å²) >= 11 is 1.31. The van der Waals surface area contributed by atoms with Crippen LogP contribution in [0.2, 0.25) is 0 Å². The number of nitrogens with one attached hydrogen (secondary N) is 2. The van der Waals surface area contributed by atoms with Gasteiger partial charge in [0, 0.05) is 19.7 Å². The van der Waals surface area contributed by atoms with Gasteiger partial charge in [0.2, 0.25) is 11.8 Å². The maximum Gasteiger partial charge on any atom is 0.230 e. The number of aromatic nitrogens is 3. The molecular weight excluding hydrogens is 302 g/mol. The molecule has 1 aromatic carbocycles. The van der Waals surface area contributed by atoms with Gasteiger partial charge >= 0.3 is 0 Å². The molecule has 1 aromatic heterocycles. The van der Waals surface area contributed by atoms with E-state index in [1.807, 2.05) is 35.8 Å². The van der Waals surface area contributed by atoms with Crippen molar-refractivity contribution in [1.82, 2.24) is 20.1 Å². The molecule has 22 heavy (non-hydrogen) atoms. The molecule has 2 N–H and O–H groups in total. The minimum Gasteiger partial charge on any atom is -0.358 e. The van der Waals surface area contributed by atoms with E-state index in [1.54, 1.807) is 7.05 Å². The molecule has 0 aliphatic carbocycles. The molecule has 0 bridgehead atoms. The fraction of sp³-hybridized carbons (Fsp3) is 0.286. The Hall–Kier alpha value is -2.35. The summed E-state index contributed by atoms with van der Waals surface area (Å²) in [5, 5.41) is 14.1. The van der Waals surface area contributed by atoms with Crippen LogP contribution in [0.5, 0.6) is 0 Å². The number of thioether (sulfide) groups is 1. The quantitative estimate of drug-likeness (QED) is 0.813. The van der Waals surface area contributed by atoms with Crippen molar-refractivity contribution in [3.05, 3.63) is 30.1 Å². The van der Waals surface area contributed by atoms with Gasteiger partial charge in [0.15, 0.2) is 5.16 Å². The summed E-state index contributed by atoms with van der Waals surface area (Å²) in [6.07, 6.45) is 0. The molecule has 2 rings (SSSR count). The highest BCUT2D eigenvalue weighted by molar-refractivity contribution is 7.99. The first kappa shape index (κ1) is 16.0. The summed E-state index contributed by atoms with van der Waals surface area (Å²) in [6.45, 7) is 3.30. The number of hydrogen-bond acceptors (Lipinski definition) is 5. The summed E-state index contributed by atoms with van der Waals surface area (Å²) in [6, 6.07) is 7.38. The minimum atomic E-state index is -0.133. The lowest BCUT2D eigenvalue weighted by atomic mass is 10.2. The number of aryl methyl sites for hydroxylation is 1. The average Bonchev–Trinajstić information content (AvgIpc) is 2.85. The third-order valence-corrected chi connectivity index (χ3v) is 3.76. The van der Waals surface area contributed by atoms with Gasteiger partial charge in [-0.15, -0.1) is 10.2 Å². The summed E-state index contributed by atoms with van der Waals surface area (Å²) in [5.74, 6) is 0.760. The third-order valence-electron chi connectivity index (χ3n) is 2.83. The Balaban J connectivity index is 2.30. The van der Waals surface area contributed by atoms with E-state index in [2.05, 4.69) is 20.8 Å². The average molecular weight is 319 g/mol. The van der Waals surface area contributed by atoms with Crippen LogP contribution < -0.4 is 10.6 Å². The highest BCUT2D eigenvalue weighted by atomic mass is 32.2. The molecule has 116 valence electrons. The molecule has 0 saturated carbocycles. The van der Waals surface area contributed by atoms with Crippen molar-refractivity contribution in [2.24, 2.45) is 0 Å². The van der Waals surface area contributed by atoms with E-state index < -0.39 is 0 Å². The van der Waals surface area contributed by atoms with E-state index in [0.717, 1.165) is 5.69 Å². The SMILES string of the molecule is CNC(=O)CSc1nnc(C)n1-c1cccc(NC(C)=O)c1. The lowest BCUT2D eigenvalue weighted by Gasteiger charge is -2.10. The third kappa shape index (κ3) is 3.85. The van der Waals surface area contributed by atoms with E-state index in [9.17, 15) is 9.59 Å². The van der Waals surface area contributed by atoms with Gasteiger partial charge in [-0.05, 0) is 25.1 Å². The fourth-order valence-corrected chi connectivity index (χ4v) is 2.73. The second-order valence-electron chi connectivity index (χ2n) is 4.56. The Morgan fingerprint density at radius 3 is 2.77 bits per heavy atom. The fourth-order valence-electron chi connectivity index (χ4n) is 1.86. The Kier molecular flexibility index (Phi) is 5.16. The highest BCUT2D eigenvalue weighted by Gasteiger charge is 2.13. The number of benzene rings is 1. The number of hydrogen-bond donors (Lipinski definition) is 2. The Labute approximate surface area is 132 Å². The molecule has 7 nitrogen and oxygen atoms in total. The zero-order chi connectivity index (χ0) is 16.1. The lowest BCUT2D eigenvalue weighted by Crippen LogP contribution is -2.20. The number of carbonyl (C=O) groups is 2. The zero-order valence-corrected chi connectivity index (χ0v) is 13.4. The van der Waals surface area contributed by atoms with Gasteiger partial charge in [-0.25, -0.2) is 0 Å². The predicted molar refractivity (Wildman–Crippen MR) is 85.2 cm³/mol. The van der Waals surface area contributed by atoms with Crippen LogP contribution in [0.3, 0.4) is 0 Å². The summed E-state index contributed by atoms with van der Waals surface area (Å²) in [7, 11) is 1.59. The zero-order valence-electron chi connectivity index (χ0n) is 12.6. The standard InChI is InChI=1S/C14H17N5O2S/c1-9-17-18-14(22-8-13(21)15-3)19(9)12-6-4-5-11(7-12)16-10(2)20/h4-7H,8H2,1-3H3,(H,15,21)(H,16,20). The first-order valence-electron chi connectivity index (χ1n) is 6.64. The molecule has 0 saturated heterocycles. The van der Waals surface area contributed by atoms with E-state index in [-0.39, 0.29) is 17.6 Å². The highest BCUT2D eigenvalue weighted by Crippen LogP contribution is 2.23. The van der Waals surface area contributed by atoms with Crippen molar-refractivity contribution < 1.29 is 9.59 Å². The van der Waals surface area contributed by atoms with Crippen LogP contribution in [-0.4, -0.2) is 39.4 Å². The van der Waals surface area contributed by atoms with E-state index >= 15 is 0 Å². The molecule has 2 amide bonds. The molecular formula is C14H17N5O2S. The molecule has 0 atom stereocenters. The van der Waals surface area contributed by atoms with Crippen molar-refractivity contribution >= 4 is 29.3 Å². The lowest BCUT2D eigenvalue weighted by molar-refractivity contribution is -0.118. The van der Waals surface area contributed by atoms with Gasteiger partial charge in [0.1, 0.15) is 5.82 Å². The predicted octanol–water partition coefficient (Wildman–Crippen LogP) is 1.37. The van der Waals surface area contributed by atoms with E-state index in [1.165, 1.54) is 18.7 Å². The van der Waals surface area contributed by atoms with Crippen LogP contribution in [0.25, 0.3) is 5.69 Å². The van der Waals surface area contributed by atoms with Crippen LogP contribution >= 0.6 is 11.8 Å². The molecule has 0 aliphatic rings. The monoisotopic (exact) mass is 319 g/mol. The van der Waals surface area contributed by atoms with E-state index in [4.69, 9.17) is 0 Å². The second-order valence-corrected chi connectivity index (χ2v) is 5.50. The Bertz CT molecular complexity index is 698. The van der Waals surface area contributed by atoms with E-state index in [0.29, 0.717) is 16.7 Å². The van der Waals surface area contributed by atoms with Gasteiger partial charge in [-0.3, -0.25) is 14.2 Å². The molecule has 0 radical (unpaired) electrons. The minimum absolute atomic E-state index is 0.0794. The van der Waals surface area contributed by atoms with Gasteiger partial charge in [-0.2, -0.15) is 0 Å². The first-order chi connectivity index (χ1) is 10.5. The number of anilines is 1. The second kappa shape index (κ2) is 7.08. The number of nitrogens with zero attached hydrogens (tertiary/aromatic N) is 3. The van der Waals surface area contributed by atoms with Crippen molar-refractivity contribution in [3.63, 3.8) is 0 Å². The molecule has 0 fully saturated rings. The topological polar surface area (TPSA) is 88.9 Å². The smallest absolute Gasteiger partial charge is 0.230 e. The Morgan fingerprint density at radius 2 is 2.09 bits per heavy atom. The molecule has 0 aliphatic heterocycles. The number of rotatable bonds is 5. The summed E-state index contributed by atoms with van der Waals surface area (Å²) in [4.78, 5) is 22.5. The number of carbonyl (C=O) groups excluding carboxylic acids is 2. The van der Waals surface area contributed by atoms with Gasteiger partial charge in [0.05, 0.1) is 11.4 Å². The molecule has 0 spiro atoms. The maximum atomic E-state index is 11.4.